The Balaban J connectivity index is 1.44. The number of imide groups is 1. The summed E-state index contributed by atoms with van der Waals surface area (Å²) in [6.07, 6.45) is 0. The van der Waals surface area contributed by atoms with Gasteiger partial charge in [-0.3, -0.25) is 24.6 Å². The Morgan fingerprint density at radius 2 is 1.57 bits per heavy atom. The van der Waals surface area contributed by atoms with E-state index in [-0.39, 0.29) is 5.91 Å². The minimum Gasteiger partial charge on any atom is -0.397 e. The highest BCUT2D eigenvalue weighted by atomic mass is 16.5. The number of morpholine rings is 1. The van der Waals surface area contributed by atoms with Crippen molar-refractivity contribution in [3.63, 3.8) is 0 Å². The average Bonchev–Trinajstić information content (AvgIpc) is 3.12. The number of anilines is 1. The van der Waals surface area contributed by atoms with Crippen molar-refractivity contribution in [3.8, 4) is 0 Å². The molecule has 3 amide bonds. The van der Waals surface area contributed by atoms with Crippen LogP contribution in [-0.2, 0) is 32.8 Å². The number of hydrogen-bond acceptors (Lipinski definition) is 7. The summed E-state index contributed by atoms with van der Waals surface area (Å²) in [6, 6.07) is 14.0. The molecular weight excluding hydrogens is 501 g/mol. The zero-order valence-electron chi connectivity index (χ0n) is 24.3. The fraction of sp³-hybridized carbons (Fsp3) is 0.400. The van der Waals surface area contributed by atoms with Crippen molar-refractivity contribution < 1.29 is 24.2 Å². The van der Waals surface area contributed by atoms with Crippen LogP contribution < -0.4 is 10.6 Å². The second-order valence-electron chi connectivity index (χ2n) is 12.5. The minimum absolute atomic E-state index is 0.362. The molecule has 2 aromatic carbocycles. The number of nitrogens with one attached hydrogen (secondary N) is 2. The number of nitrogens with zero attached hydrogens (tertiary/aromatic N) is 2. The van der Waals surface area contributed by atoms with Gasteiger partial charge in [-0.2, -0.15) is 0 Å². The van der Waals surface area contributed by atoms with Crippen molar-refractivity contribution in [3.05, 3.63) is 64.7 Å². The molecule has 3 aliphatic heterocycles. The van der Waals surface area contributed by atoms with Gasteiger partial charge in [-0.1, -0.05) is 30.3 Å². The Morgan fingerprint density at radius 1 is 0.925 bits per heavy atom. The normalized spacial score (nSPS) is 27.7. The van der Waals surface area contributed by atoms with E-state index in [1.165, 1.54) is 18.3 Å². The standard InChI is InChI=1S/C25H34B6N4O5/c26-22(27)20(37)33-21(38)23(28,25(22,31)39)35-19(36)16-5-2-6-17(18(16)24(35,29)30)32-12-14-3-1-4-15(11-14)13-34-7-9-40-10-8-34/h1-6,11,32,39H,7-10,12-13,26-31H2,(H,33,37,38). The van der Waals surface area contributed by atoms with Crippen LogP contribution in [0.2, 0.25) is 5.21 Å². The molecule has 2 atom stereocenters. The molecule has 2 saturated heterocycles. The summed E-state index contributed by atoms with van der Waals surface area (Å²) < 4.78 is 5.46. The zero-order chi connectivity index (χ0) is 29.1. The lowest BCUT2D eigenvalue weighted by Crippen LogP contribution is -2.83. The van der Waals surface area contributed by atoms with Crippen LogP contribution in [0.5, 0.6) is 0 Å². The molecule has 40 heavy (non-hydrogen) atoms. The molecule has 3 heterocycles. The summed E-state index contributed by atoms with van der Waals surface area (Å²) in [5.41, 5.74) is 0.796. The lowest BCUT2D eigenvalue weighted by atomic mass is 9.31. The van der Waals surface area contributed by atoms with Gasteiger partial charge in [0, 0.05) is 48.0 Å². The van der Waals surface area contributed by atoms with Crippen LogP contribution in [0.3, 0.4) is 0 Å². The highest BCUT2D eigenvalue weighted by molar-refractivity contribution is 6.60. The van der Waals surface area contributed by atoms with Gasteiger partial charge in [0.05, 0.1) is 18.7 Å². The van der Waals surface area contributed by atoms with E-state index in [1.807, 2.05) is 27.8 Å². The molecule has 9 nitrogen and oxygen atoms in total. The molecule has 2 aromatic rings. The number of carbonyl (C=O) groups is 3. The fourth-order valence-corrected chi connectivity index (χ4v) is 6.59. The third-order valence-corrected chi connectivity index (χ3v) is 9.50. The summed E-state index contributed by atoms with van der Waals surface area (Å²) in [7, 11) is 9.96. The van der Waals surface area contributed by atoms with E-state index < -0.39 is 33.3 Å². The van der Waals surface area contributed by atoms with Crippen LogP contribution in [0, 0.1) is 0 Å². The topological polar surface area (TPSA) is 111 Å². The van der Waals surface area contributed by atoms with Crippen molar-refractivity contribution in [1.29, 1.82) is 0 Å². The molecule has 2 unspecified atom stereocenters. The molecule has 0 aliphatic carbocycles. The maximum atomic E-state index is 14.0. The monoisotopic (exact) mass is 536 g/mol. The molecule has 5 rings (SSSR count). The molecule has 15 heteroatoms. The van der Waals surface area contributed by atoms with Gasteiger partial charge in [-0.05, 0) is 28.8 Å². The maximum absolute atomic E-state index is 14.0. The molecule has 0 aromatic heterocycles. The fourth-order valence-electron chi connectivity index (χ4n) is 6.59. The third-order valence-electron chi connectivity index (χ3n) is 9.50. The minimum atomic E-state index is -1.84. The van der Waals surface area contributed by atoms with Gasteiger partial charge in [0.2, 0.25) is 11.8 Å². The van der Waals surface area contributed by atoms with E-state index in [1.54, 1.807) is 29.6 Å². The number of fused-ring (bicyclic) bond motifs is 1. The lowest BCUT2D eigenvalue weighted by Gasteiger charge is -2.60. The zero-order valence-corrected chi connectivity index (χ0v) is 24.3. The number of hydrogen-bond donors (Lipinski definition) is 3. The molecule has 2 fully saturated rings. The number of amides is 3. The summed E-state index contributed by atoms with van der Waals surface area (Å²) in [5.74, 6) is -1.62. The molecule has 0 saturated carbocycles. The first-order chi connectivity index (χ1) is 18.7. The summed E-state index contributed by atoms with van der Waals surface area (Å²) in [4.78, 5) is 44.0. The Bertz CT molecular complexity index is 1380. The van der Waals surface area contributed by atoms with Crippen LogP contribution >= 0.6 is 0 Å². The maximum Gasteiger partial charge on any atom is 0.254 e. The molecule has 3 N–H and O–H groups in total. The Kier molecular flexibility index (Phi) is 7.08. The molecule has 3 aliphatic rings. The van der Waals surface area contributed by atoms with Crippen LogP contribution in [0.4, 0.5) is 5.69 Å². The largest absolute Gasteiger partial charge is 0.397 e. The number of ether oxygens (including phenoxy) is 1. The van der Waals surface area contributed by atoms with Gasteiger partial charge in [0.1, 0.15) is 52.5 Å². The van der Waals surface area contributed by atoms with Crippen molar-refractivity contribution in [2.75, 3.05) is 31.6 Å². The van der Waals surface area contributed by atoms with E-state index in [0.29, 0.717) is 12.1 Å². The molecule has 202 valence electrons. The van der Waals surface area contributed by atoms with Crippen LogP contribution in [0.15, 0.2) is 42.5 Å². The van der Waals surface area contributed by atoms with Gasteiger partial charge in [0.15, 0.2) is 0 Å². The summed E-state index contributed by atoms with van der Waals surface area (Å²) in [5, 5.41) is 15.5. The number of piperidine rings is 1. The van der Waals surface area contributed by atoms with Gasteiger partial charge >= 0.3 is 0 Å². The smallest absolute Gasteiger partial charge is 0.254 e. The molecular formula is C25H34B6N4O5. The van der Waals surface area contributed by atoms with Crippen LogP contribution in [0.1, 0.15) is 27.0 Å². The van der Waals surface area contributed by atoms with E-state index >= 15 is 0 Å². The molecule has 0 spiro atoms. The first-order valence-electron chi connectivity index (χ1n) is 13.9. The third kappa shape index (κ3) is 4.25. The Morgan fingerprint density at radius 3 is 2.27 bits per heavy atom. The number of aliphatic hydroxyl groups is 1. The number of benzene rings is 2. The van der Waals surface area contributed by atoms with E-state index in [0.717, 1.165) is 49.7 Å². The SMILES string of the molecule is BC1(B)c2c(NCc3cccc(CN4CCOCC4)c3)cccc2C(=O)N1C1(B)C(=O)NC(=O)C(B)(B)C1(B)O. The molecule has 0 radical (unpaired) electrons. The first-order valence-corrected chi connectivity index (χ1v) is 13.9. The average molecular weight is 535 g/mol. The van der Waals surface area contributed by atoms with E-state index in [2.05, 4.69) is 39.8 Å². The second kappa shape index (κ2) is 9.89. The van der Waals surface area contributed by atoms with Crippen molar-refractivity contribution in [1.82, 2.24) is 15.1 Å². The summed E-state index contributed by atoms with van der Waals surface area (Å²) in [6.45, 7) is 4.79. The number of rotatable bonds is 6. The van der Waals surface area contributed by atoms with E-state index in [9.17, 15) is 19.5 Å². The van der Waals surface area contributed by atoms with Crippen LogP contribution in [-0.4, -0.2) is 117 Å². The Hall–Kier alpha value is -2.88. The van der Waals surface area contributed by atoms with Gasteiger partial charge in [-0.25, -0.2) is 0 Å². The van der Waals surface area contributed by atoms with Crippen molar-refractivity contribution >= 4 is 70.5 Å². The highest BCUT2D eigenvalue weighted by Crippen LogP contribution is 2.50. The summed E-state index contributed by atoms with van der Waals surface area (Å²) >= 11 is 0. The number of carbonyl (C=O) groups excluding carboxylic acids is 3. The van der Waals surface area contributed by atoms with Gasteiger partial charge in [-0.15, -0.1) is 0 Å². The van der Waals surface area contributed by atoms with E-state index in [4.69, 9.17) is 4.74 Å². The quantitative estimate of drug-likeness (QED) is 0.250. The predicted octanol–water partition coefficient (Wildman–Crippen LogP) is -5.35. The molecule has 0 bridgehead atoms. The second-order valence-corrected chi connectivity index (χ2v) is 12.5. The van der Waals surface area contributed by atoms with Crippen molar-refractivity contribution in [2.45, 2.75) is 34.6 Å². The Labute approximate surface area is 240 Å². The lowest BCUT2D eigenvalue weighted by molar-refractivity contribution is -0.152. The predicted molar refractivity (Wildman–Crippen MR) is 169 cm³/mol. The van der Waals surface area contributed by atoms with Crippen LogP contribution in [0.25, 0.3) is 0 Å². The van der Waals surface area contributed by atoms with Gasteiger partial charge in [0.25, 0.3) is 5.91 Å². The van der Waals surface area contributed by atoms with Crippen molar-refractivity contribution in [2.24, 2.45) is 0 Å². The highest BCUT2D eigenvalue weighted by Gasteiger charge is 2.69. The van der Waals surface area contributed by atoms with Gasteiger partial charge < -0.3 is 20.1 Å². The first kappa shape index (κ1) is 28.6.